The molecule has 0 aliphatic heterocycles. The first-order chi connectivity index (χ1) is 11.9. The van der Waals surface area contributed by atoms with E-state index < -0.39 is 24.4 Å². The van der Waals surface area contributed by atoms with Crippen LogP contribution in [-0.4, -0.2) is 24.4 Å². The van der Waals surface area contributed by atoms with Crippen molar-refractivity contribution in [3.05, 3.63) is 38.4 Å². The summed E-state index contributed by atoms with van der Waals surface area (Å²) in [5.74, 6) is -0.995. The Morgan fingerprint density at radius 3 is 2.96 bits per heavy atom. The lowest BCUT2D eigenvalue weighted by molar-refractivity contribution is -0.119. The Kier molecular flexibility index (Phi) is 5.19. The molecule has 1 unspecified atom stereocenters. The van der Waals surface area contributed by atoms with Crippen molar-refractivity contribution in [1.29, 1.82) is 0 Å². The molecule has 1 aliphatic rings. The molecular formula is C17H18N2O4S2. The minimum atomic E-state index is -0.619. The highest BCUT2D eigenvalue weighted by atomic mass is 32.1. The third kappa shape index (κ3) is 4.08. The maximum absolute atomic E-state index is 12.2. The molecule has 2 amide bonds. The molecule has 0 spiro atoms. The summed E-state index contributed by atoms with van der Waals surface area (Å²) in [5, 5.41) is 4.55. The molecule has 3 N–H and O–H groups in total. The number of thiophene rings is 2. The van der Waals surface area contributed by atoms with Gasteiger partial charge in [0.05, 0.1) is 5.56 Å². The molecule has 8 heteroatoms. The lowest BCUT2D eigenvalue weighted by Crippen LogP contribution is -2.22. The van der Waals surface area contributed by atoms with Crippen molar-refractivity contribution in [3.8, 4) is 0 Å². The number of nitrogens with one attached hydrogen (secondary N) is 1. The Bertz CT molecular complexity index is 824. The van der Waals surface area contributed by atoms with Crippen LogP contribution in [0.4, 0.5) is 5.00 Å². The van der Waals surface area contributed by atoms with Gasteiger partial charge in [-0.3, -0.25) is 9.59 Å². The number of aryl methyl sites for hydroxylation is 1. The van der Waals surface area contributed by atoms with Gasteiger partial charge < -0.3 is 15.8 Å². The summed E-state index contributed by atoms with van der Waals surface area (Å²) in [6.45, 7) is 1.79. The van der Waals surface area contributed by atoms with Gasteiger partial charge in [-0.2, -0.15) is 0 Å². The number of rotatable bonds is 5. The number of hydrogen-bond acceptors (Lipinski definition) is 6. The lowest BCUT2D eigenvalue weighted by Gasteiger charge is -2.16. The van der Waals surface area contributed by atoms with Gasteiger partial charge in [0.25, 0.3) is 11.8 Å². The summed E-state index contributed by atoms with van der Waals surface area (Å²) in [5.41, 5.74) is 6.68. The predicted molar refractivity (Wildman–Crippen MR) is 97.3 cm³/mol. The van der Waals surface area contributed by atoms with Crippen LogP contribution in [-0.2, 0) is 22.4 Å². The first-order valence-corrected chi connectivity index (χ1v) is 9.59. The number of nitrogens with two attached hydrogens (primary N) is 1. The Hall–Kier alpha value is -2.19. The molecule has 0 bridgehead atoms. The van der Waals surface area contributed by atoms with E-state index in [2.05, 4.69) is 12.2 Å². The van der Waals surface area contributed by atoms with Gasteiger partial charge in [0.1, 0.15) is 9.88 Å². The summed E-state index contributed by atoms with van der Waals surface area (Å²) in [6.07, 6.45) is 3.10. The number of carbonyl (C=O) groups is 3. The fraction of sp³-hybridized carbons (Fsp3) is 0.353. The van der Waals surface area contributed by atoms with Gasteiger partial charge >= 0.3 is 5.97 Å². The summed E-state index contributed by atoms with van der Waals surface area (Å²) < 4.78 is 5.09. The molecule has 6 nitrogen and oxygen atoms in total. The van der Waals surface area contributed by atoms with Crippen LogP contribution in [0.5, 0.6) is 0 Å². The SMILES string of the molecule is CC1CCc2sc(C(=O)OCC(=O)Nc3sccc3C(N)=O)cc2C1. The summed E-state index contributed by atoms with van der Waals surface area (Å²) in [6, 6.07) is 3.41. The van der Waals surface area contributed by atoms with Crippen LogP contribution in [0, 0.1) is 5.92 Å². The predicted octanol–water partition coefficient (Wildman–Crippen LogP) is 2.83. The third-order valence-electron chi connectivity index (χ3n) is 4.05. The van der Waals surface area contributed by atoms with E-state index in [1.807, 2.05) is 6.07 Å². The number of fused-ring (bicyclic) bond motifs is 1. The first-order valence-electron chi connectivity index (χ1n) is 7.90. The quantitative estimate of drug-likeness (QED) is 0.782. The molecule has 1 atom stereocenters. The third-order valence-corrected chi connectivity index (χ3v) is 6.10. The van der Waals surface area contributed by atoms with Gasteiger partial charge in [0, 0.05) is 4.88 Å². The van der Waals surface area contributed by atoms with E-state index in [-0.39, 0.29) is 5.56 Å². The van der Waals surface area contributed by atoms with E-state index in [4.69, 9.17) is 10.5 Å². The van der Waals surface area contributed by atoms with Crippen molar-refractivity contribution < 1.29 is 19.1 Å². The number of carbonyl (C=O) groups excluding carboxylic acids is 3. The van der Waals surface area contributed by atoms with Crippen LogP contribution in [0.2, 0.25) is 0 Å². The van der Waals surface area contributed by atoms with Crippen molar-refractivity contribution in [3.63, 3.8) is 0 Å². The van der Waals surface area contributed by atoms with Crippen molar-refractivity contribution in [2.75, 3.05) is 11.9 Å². The minimum Gasteiger partial charge on any atom is -0.451 e. The fourth-order valence-electron chi connectivity index (χ4n) is 2.77. The van der Waals surface area contributed by atoms with E-state index >= 15 is 0 Å². The summed E-state index contributed by atoms with van der Waals surface area (Å²) in [4.78, 5) is 37.1. The van der Waals surface area contributed by atoms with Gasteiger partial charge in [-0.15, -0.1) is 22.7 Å². The Morgan fingerprint density at radius 1 is 1.40 bits per heavy atom. The van der Waals surface area contributed by atoms with Crippen LogP contribution >= 0.6 is 22.7 Å². The molecule has 0 aromatic carbocycles. The van der Waals surface area contributed by atoms with Crippen molar-refractivity contribution in [2.45, 2.75) is 26.2 Å². The topological polar surface area (TPSA) is 98.5 Å². The first kappa shape index (κ1) is 17.6. The minimum absolute atomic E-state index is 0.240. The Labute approximate surface area is 153 Å². The molecule has 2 heterocycles. The molecular weight excluding hydrogens is 360 g/mol. The number of hydrogen-bond donors (Lipinski definition) is 2. The van der Waals surface area contributed by atoms with Crippen LogP contribution < -0.4 is 11.1 Å². The Balaban J connectivity index is 1.56. The number of primary amides is 1. The highest BCUT2D eigenvalue weighted by Crippen LogP contribution is 2.32. The van der Waals surface area contributed by atoms with Gasteiger partial charge in [-0.05, 0) is 48.3 Å². The molecule has 1 aliphatic carbocycles. The Morgan fingerprint density at radius 2 is 2.20 bits per heavy atom. The molecule has 0 radical (unpaired) electrons. The van der Waals surface area contributed by atoms with E-state index in [1.165, 1.54) is 39.2 Å². The van der Waals surface area contributed by atoms with Crippen LogP contribution in [0.3, 0.4) is 0 Å². The number of ether oxygens (including phenoxy) is 1. The van der Waals surface area contributed by atoms with Gasteiger partial charge in [0.15, 0.2) is 6.61 Å². The van der Waals surface area contributed by atoms with Crippen molar-refractivity contribution >= 4 is 45.5 Å². The molecule has 0 saturated carbocycles. The van der Waals surface area contributed by atoms with Gasteiger partial charge in [-0.25, -0.2) is 4.79 Å². The number of anilines is 1. The van der Waals surface area contributed by atoms with E-state index in [0.717, 1.165) is 19.3 Å². The highest BCUT2D eigenvalue weighted by Gasteiger charge is 2.22. The smallest absolute Gasteiger partial charge is 0.348 e. The van der Waals surface area contributed by atoms with E-state index in [0.29, 0.717) is 15.8 Å². The number of amides is 2. The average Bonchev–Trinajstić information content (AvgIpc) is 3.18. The van der Waals surface area contributed by atoms with E-state index in [9.17, 15) is 14.4 Å². The maximum atomic E-state index is 12.2. The second-order valence-corrected chi connectivity index (χ2v) is 8.11. The monoisotopic (exact) mass is 378 g/mol. The van der Waals surface area contributed by atoms with Crippen LogP contribution in [0.15, 0.2) is 17.5 Å². The normalized spacial score (nSPS) is 16.1. The second kappa shape index (κ2) is 7.37. The van der Waals surface area contributed by atoms with Gasteiger partial charge in [-0.1, -0.05) is 6.92 Å². The zero-order valence-electron chi connectivity index (χ0n) is 13.7. The van der Waals surface area contributed by atoms with Crippen LogP contribution in [0.25, 0.3) is 0 Å². The molecule has 0 fully saturated rings. The lowest BCUT2D eigenvalue weighted by atomic mass is 9.90. The van der Waals surface area contributed by atoms with Gasteiger partial charge in [0.2, 0.25) is 0 Å². The molecule has 132 valence electrons. The zero-order valence-corrected chi connectivity index (χ0v) is 15.3. The standard InChI is InChI=1S/C17H18N2O4S2/c1-9-2-3-12-10(6-9)7-13(25-12)17(22)23-8-14(20)19-16-11(15(18)21)4-5-24-16/h4-5,7,9H,2-3,6,8H2,1H3,(H2,18,21)(H,19,20). The highest BCUT2D eigenvalue weighted by molar-refractivity contribution is 7.15. The fourth-order valence-corrected chi connectivity index (χ4v) is 4.68. The largest absolute Gasteiger partial charge is 0.451 e. The summed E-state index contributed by atoms with van der Waals surface area (Å²) in [7, 11) is 0. The number of esters is 1. The molecule has 2 aromatic heterocycles. The molecule has 2 aromatic rings. The average molecular weight is 378 g/mol. The van der Waals surface area contributed by atoms with Crippen molar-refractivity contribution in [2.24, 2.45) is 11.7 Å². The van der Waals surface area contributed by atoms with E-state index in [1.54, 1.807) is 5.38 Å². The maximum Gasteiger partial charge on any atom is 0.348 e. The van der Waals surface area contributed by atoms with Crippen LogP contribution in [0.1, 0.15) is 43.8 Å². The zero-order chi connectivity index (χ0) is 18.0. The summed E-state index contributed by atoms with van der Waals surface area (Å²) >= 11 is 2.63. The molecule has 25 heavy (non-hydrogen) atoms. The second-order valence-electron chi connectivity index (χ2n) is 6.06. The molecule has 0 saturated heterocycles. The molecule has 3 rings (SSSR count). The van der Waals surface area contributed by atoms with Crippen molar-refractivity contribution in [1.82, 2.24) is 0 Å².